The summed E-state index contributed by atoms with van der Waals surface area (Å²) in [6.45, 7) is 4.04. The van der Waals surface area contributed by atoms with E-state index in [4.69, 9.17) is 0 Å². The van der Waals surface area contributed by atoms with Crippen molar-refractivity contribution in [2.45, 2.75) is 20.3 Å². The molecular formula is C26H22N6O3S. The van der Waals surface area contributed by atoms with E-state index < -0.39 is 0 Å². The lowest BCUT2D eigenvalue weighted by atomic mass is 10.1. The van der Waals surface area contributed by atoms with E-state index in [1.54, 1.807) is 48.7 Å². The first-order valence-corrected chi connectivity index (χ1v) is 12.1. The van der Waals surface area contributed by atoms with Crippen LogP contribution in [0.2, 0.25) is 0 Å². The van der Waals surface area contributed by atoms with Crippen molar-refractivity contribution in [3.05, 3.63) is 93.7 Å². The summed E-state index contributed by atoms with van der Waals surface area (Å²) in [5.74, 6) is -0.407. The molecule has 0 radical (unpaired) electrons. The number of rotatable bonds is 7. The van der Waals surface area contributed by atoms with Gasteiger partial charge in [-0.2, -0.15) is 0 Å². The Hall–Kier alpha value is -4.44. The van der Waals surface area contributed by atoms with Gasteiger partial charge in [0.2, 0.25) is 5.95 Å². The van der Waals surface area contributed by atoms with Crippen molar-refractivity contribution in [2.75, 3.05) is 17.2 Å². The highest BCUT2D eigenvalue weighted by molar-refractivity contribution is 7.15. The number of nitrogens with zero attached hydrogens (tertiary/aromatic N) is 4. The lowest BCUT2D eigenvalue weighted by molar-refractivity contribution is 0.0656. The zero-order valence-electron chi connectivity index (χ0n) is 19.6. The molecule has 2 aromatic heterocycles. The van der Waals surface area contributed by atoms with Crippen molar-refractivity contribution in [3.8, 4) is 0 Å². The van der Waals surface area contributed by atoms with Crippen LogP contribution in [-0.2, 0) is 6.42 Å². The molecule has 0 fully saturated rings. The van der Waals surface area contributed by atoms with Gasteiger partial charge in [-0.05, 0) is 50.2 Å². The standard InChI is InChI=1S/C26H22N6O3S/c1-15-12-16(2)29-25(28-15)30-18-7-5-6-17(13-18)22(33)31-26-27-14-19(36-26)10-11-32-23(34)20-8-3-4-9-21(20)24(32)35/h3-9,12-14H,10-11H2,1-2H3,(H,27,31,33)(H,28,29,30). The predicted octanol–water partition coefficient (Wildman–Crippen LogP) is 4.38. The van der Waals surface area contributed by atoms with Crippen LogP contribution in [0.5, 0.6) is 0 Å². The van der Waals surface area contributed by atoms with Crippen molar-refractivity contribution < 1.29 is 14.4 Å². The maximum absolute atomic E-state index is 12.8. The van der Waals surface area contributed by atoms with Gasteiger partial charge in [0.15, 0.2) is 5.13 Å². The van der Waals surface area contributed by atoms with E-state index in [-0.39, 0.29) is 24.3 Å². The first-order chi connectivity index (χ1) is 17.4. The fraction of sp³-hybridized carbons (Fsp3) is 0.154. The van der Waals surface area contributed by atoms with E-state index in [2.05, 4.69) is 25.6 Å². The maximum atomic E-state index is 12.8. The van der Waals surface area contributed by atoms with Crippen LogP contribution in [0, 0.1) is 13.8 Å². The normalized spacial score (nSPS) is 12.6. The van der Waals surface area contributed by atoms with Crippen LogP contribution in [0.25, 0.3) is 0 Å². The number of imide groups is 1. The van der Waals surface area contributed by atoms with Gasteiger partial charge in [0.05, 0.1) is 11.1 Å². The molecule has 2 aromatic carbocycles. The second-order valence-corrected chi connectivity index (χ2v) is 9.44. The monoisotopic (exact) mass is 498 g/mol. The van der Waals surface area contributed by atoms with Crippen LogP contribution in [0.1, 0.15) is 47.3 Å². The molecule has 2 N–H and O–H groups in total. The van der Waals surface area contributed by atoms with Crippen molar-refractivity contribution in [2.24, 2.45) is 0 Å². The third-order valence-corrected chi connectivity index (χ3v) is 6.57. The molecule has 3 heterocycles. The lowest BCUT2D eigenvalue weighted by Crippen LogP contribution is -2.31. The number of nitrogens with one attached hydrogen (secondary N) is 2. The zero-order valence-corrected chi connectivity index (χ0v) is 20.4. The SMILES string of the molecule is Cc1cc(C)nc(Nc2cccc(C(=O)Nc3ncc(CCN4C(=O)c5ccccc5C4=O)s3)c2)n1. The highest BCUT2D eigenvalue weighted by Crippen LogP contribution is 2.25. The largest absolute Gasteiger partial charge is 0.324 e. The Labute approximate surface area is 211 Å². The molecule has 9 nitrogen and oxygen atoms in total. The second-order valence-electron chi connectivity index (χ2n) is 8.32. The number of hydrogen-bond donors (Lipinski definition) is 2. The molecule has 36 heavy (non-hydrogen) atoms. The van der Waals surface area contributed by atoms with Gasteiger partial charge in [0, 0.05) is 46.7 Å². The number of fused-ring (bicyclic) bond motifs is 1. The number of amides is 3. The molecule has 3 amide bonds. The molecule has 1 aliphatic heterocycles. The topological polar surface area (TPSA) is 117 Å². The van der Waals surface area contributed by atoms with Crippen LogP contribution in [0.3, 0.4) is 0 Å². The van der Waals surface area contributed by atoms with Crippen LogP contribution in [0.4, 0.5) is 16.8 Å². The van der Waals surface area contributed by atoms with E-state index in [9.17, 15) is 14.4 Å². The quantitative estimate of drug-likeness (QED) is 0.363. The summed E-state index contributed by atoms with van der Waals surface area (Å²) in [7, 11) is 0. The molecule has 4 aromatic rings. The summed E-state index contributed by atoms with van der Waals surface area (Å²) in [6.07, 6.45) is 2.10. The Morgan fingerprint density at radius 1 is 0.944 bits per heavy atom. The summed E-state index contributed by atoms with van der Waals surface area (Å²) in [5, 5.41) is 6.38. The summed E-state index contributed by atoms with van der Waals surface area (Å²) >= 11 is 1.31. The summed E-state index contributed by atoms with van der Waals surface area (Å²) in [4.78, 5) is 53.0. The molecule has 0 spiro atoms. The minimum absolute atomic E-state index is 0.246. The molecule has 0 aliphatic carbocycles. The molecular weight excluding hydrogens is 476 g/mol. The zero-order chi connectivity index (χ0) is 25.2. The van der Waals surface area contributed by atoms with E-state index >= 15 is 0 Å². The van der Waals surface area contributed by atoms with E-state index in [1.165, 1.54) is 16.2 Å². The number of carbonyl (C=O) groups excluding carboxylic acids is 3. The Bertz CT molecular complexity index is 1440. The van der Waals surface area contributed by atoms with E-state index in [0.29, 0.717) is 39.9 Å². The Balaban J connectivity index is 1.20. The first-order valence-electron chi connectivity index (χ1n) is 11.3. The van der Waals surface area contributed by atoms with Gasteiger partial charge in [0.25, 0.3) is 17.7 Å². The smallest absolute Gasteiger partial charge is 0.261 e. The van der Waals surface area contributed by atoms with Crippen LogP contribution in [0.15, 0.2) is 60.8 Å². The maximum Gasteiger partial charge on any atom is 0.261 e. The molecule has 0 unspecified atom stereocenters. The minimum atomic E-state index is -0.304. The highest BCUT2D eigenvalue weighted by Gasteiger charge is 2.34. The molecule has 0 saturated heterocycles. The summed E-state index contributed by atoms with van der Waals surface area (Å²) < 4.78 is 0. The number of hydrogen-bond acceptors (Lipinski definition) is 8. The molecule has 0 saturated carbocycles. The number of aromatic nitrogens is 3. The fourth-order valence-electron chi connectivity index (χ4n) is 3.96. The summed E-state index contributed by atoms with van der Waals surface area (Å²) in [6, 6.07) is 15.7. The second kappa shape index (κ2) is 9.67. The van der Waals surface area contributed by atoms with Crippen LogP contribution >= 0.6 is 11.3 Å². The fourth-order valence-corrected chi connectivity index (χ4v) is 4.76. The molecule has 0 atom stereocenters. The average molecular weight is 499 g/mol. The highest BCUT2D eigenvalue weighted by atomic mass is 32.1. The van der Waals surface area contributed by atoms with Crippen molar-refractivity contribution in [1.29, 1.82) is 0 Å². The van der Waals surface area contributed by atoms with Crippen molar-refractivity contribution in [3.63, 3.8) is 0 Å². The van der Waals surface area contributed by atoms with Gasteiger partial charge >= 0.3 is 0 Å². The molecule has 10 heteroatoms. The van der Waals surface area contributed by atoms with Gasteiger partial charge in [-0.3, -0.25) is 24.6 Å². The number of aryl methyl sites for hydroxylation is 2. The Morgan fingerprint density at radius 2 is 1.64 bits per heavy atom. The number of anilines is 3. The van der Waals surface area contributed by atoms with E-state index in [1.807, 2.05) is 26.0 Å². The lowest BCUT2D eigenvalue weighted by Gasteiger charge is -2.12. The predicted molar refractivity (Wildman–Crippen MR) is 137 cm³/mol. The first kappa shape index (κ1) is 23.3. The van der Waals surface area contributed by atoms with Crippen molar-refractivity contribution in [1.82, 2.24) is 19.9 Å². The number of thiazole rings is 1. The van der Waals surface area contributed by atoms with Gasteiger partial charge in [-0.15, -0.1) is 11.3 Å². The van der Waals surface area contributed by atoms with Gasteiger partial charge in [-0.1, -0.05) is 18.2 Å². The van der Waals surface area contributed by atoms with Gasteiger partial charge in [-0.25, -0.2) is 15.0 Å². The minimum Gasteiger partial charge on any atom is -0.324 e. The van der Waals surface area contributed by atoms with Crippen LogP contribution < -0.4 is 10.6 Å². The molecule has 180 valence electrons. The Kier molecular flexibility index (Phi) is 6.26. The molecule has 5 rings (SSSR count). The molecule has 0 bridgehead atoms. The summed E-state index contributed by atoms with van der Waals surface area (Å²) in [5.41, 5.74) is 3.70. The molecule has 1 aliphatic rings. The van der Waals surface area contributed by atoms with Gasteiger partial charge in [0.1, 0.15) is 0 Å². The third-order valence-electron chi connectivity index (χ3n) is 5.60. The van der Waals surface area contributed by atoms with Crippen LogP contribution in [-0.4, -0.2) is 44.1 Å². The number of carbonyl (C=O) groups is 3. The number of benzene rings is 2. The van der Waals surface area contributed by atoms with Crippen molar-refractivity contribution >= 4 is 45.8 Å². The Morgan fingerprint density at radius 3 is 2.33 bits per heavy atom. The average Bonchev–Trinajstić information content (AvgIpc) is 3.39. The van der Waals surface area contributed by atoms with E-state index in [0.717, 1.165) is 16.3 Å². The third kappa shape index (κ3) is 4.84. The van der Waals surface area contributed by atoms with Gasteiger partial charge < -0.3 is 5.32 Å².